The molecule has 0 saturated carbocycles. The molecular formula is C21H31N3O5S. The number of rotatable bonds is 10. The van der Waals surface area contributed by atoms with Gasteiger partial charge in [0.1, 0.15) is 18.0 Å². The third kappa shape index (κ3) is 5.79. The van der Waals surface area contributed by atoms with Crippen molar-refractivity contribution < 1.29 is 22.7 Å². The first-order valence-electron chi connectivity index (χ1n) is 9.32. The van der Waals surface area contributed by atoms with Gasteiger partial charge in [-0.25, -0.2) is 8.42 Å². The van der Waals surface area contributed by atoms with E-state index in [-0.39, 0.29) is 10.6 Å². The minimum atomic E-state index is -4.06. The first kappa shape index (κ1) is 25.1. The predicted octanol–water partition coefficient (Wildman–Crippen LogP) is 2.86. The minimum Gasteiger partial charge on any atom is -0.497 e. The molecule has 0 radical (unpaired) electrons. The van der Waals surface area contributed by atoms with Crippen LogP contribution in [0.2, 0.25) is 0 Å². The quantitative estimate of drug-likeness (QED) is 0.567. The Morgan fingerprint density at radius 3 is 2.37 bits per heavy atom. The van der Waals surface area contributed by atoms with Crippen LogP contribution in [0.1, 0.15) is 20.8 Å². The number of carbonyl (C=O) groups excluding carboxylic acids is 1. The number of carbonyl (C=O) groups is 1. The van der Waals surface area contributed by atoms with Gasteiger partial charge in [0.15, 0.2) is 0 Å². The lowest BCUT2D eigenvalue weighted by Crippen LogP contribution is -2.41. The maximum Gasteiger partial charge on any atom is 0.264 e. The summed E-state index contributed by atoms with van der Waals surface area (Å²) in [5.74, 6) is 0.322. The SMILES string of the molecule is C/C=C\C(=C/C)S(=O)(=O)N(CC(=O)N(C)/C(C)=C/NC)c1cc(OC)ccc1OC. The van der Waals surface area contributed by atoms with Gasteiger partial charge in [-0.05, 0) is 39.0 Å². The van der Waals surface area contributed by atoms with E-state index in [1.807, 2.05) is 0 Å². The molecule has 0 bridgehead atoms. The standard InChI is InChI=1S/C21H31N3O5S/c1-8-10-18(9-2)30(26,27)24(15-21(25)23(5)16(3)14-22-4)19-13-17(28-6)11-12-20(19)29-7/h8-14,22H,15H2,1-7H3/b10-8-,16-14+,18-9+. The Morgan fingerprint density at radius 1 is 1.20 bits per heavy atom. The van der Waals surface area contributed by atoms with Gasteiger partial charge in [-0.1, -0.05) is 12.2 Å². The van der Waals surface area contributed by atoms with Crippen LogP contribution in [0.4, 0.5) is 5.69 Å². The number of sulfonamides is 1. The number of allylic oxidation sites excluding steroid dienone is 4. The number of likely N-dealkylation sites (N-methyl/N-ethyl adjacent to an activating group) is 1. The molecule has 166 valence electrons. The molecule has 1 N–H and O–H groups in total. The summed E-state index contributed by atoms with van der Waals surface area (Å²) in [6.07, 6.45) is 6.24. The third-order valence-electron chi connectivity index (χ3n) is 4.39. The monoisotopic (exact) mass is 437 g/mol. The van der Waals surface area contributed by atoms with Crippen molar-refractivity contribution in [3.8, 4) is 11.5 Å². The van der Waals surface area contributed by atoms with Crippen molar-refractivity contribution in [2.24, 2.45) is 0 Å². The van der Waals surface area contributed by atoms with Gasteiger partial charge in [0.2, 0.25) is 5.91 Å². The fourth-order valence-electron chi connectivity index (χ4n) is 2.65. The Morgan fingerprint density at radius 2 is 1.87 bits per heavy atom. The van der Waals surface area contributed by atoms with Gasteiger partial charge in [0, 0.05) is 32.1 Å². The Labute approximate surface area is 179 Å². The molecule has 0 atom stereocenters. The zero-order valence-corrected chi connectivity index (χ0v) is 19.4. The molecule has 30 heavy (non-hydrogen) atoms. The first-order valence-corrected chi connectivity index (χ1v) is 10.8. The van der Waals surface area contributed by atoms with Crippen molar-refractivity contribution in [1.82, 2.24) is 10.2 Å². The molecule has 0 saturated heterocycles. The smallest absolute Gasteiger partial charge is 0.264 e. The highest BCUT2D eigenvalue weighted by atomic mass is 32.2. The number of anilines is 1. The van der Waals surface area contributed by atoms with Crippen LogP contribution in [-0.4, -0.2) is 54.1 Å². The number of benzene rings is 1. The zero-order chi connectivity index (χ0) is 22.9. The maximum atomic E-state index is 13.5. The molecule has 0 spiro atoms. The van der Waals surface area contributed by atoms with Crippen molar-refractivity contribution in [2.45, 2.75) is 20.8 Å². The summed E-state index contributed by atoms with van der Waals surface area (Å²) in [5.41, 5.74) is 0.842. The van der Waals surface area contributed by atoms with Gasteiger partial charge in [-0.2, -0.15) is 0 Å². The Bertz CT molecular complexity index is 936. The van der Waals surface area contributed by atoms with E-state index >= 15 is 0 Å². The number of hydrogen-bond donors (Lipinski definition) is 1. The van der Waals surface area contributed by atoms with Crippen LogP contribution in [0.15, 0.2) is 53.2 Å². The maximum absolute atomic E-state index is 13.5. The number of ether oxygens (including phenoxy) is 2. The second kappa shape index (κ2) is 11.3. The van der Waals surface area contributed by atoms with E-state index in [4.69, 9.17) is 9.47 Å². The highest BCUT2D eigenvalue weighted by Crippen LogP contribution is 2.35. The molecule has 0 heterocycles. The van der Waals surface area contributed by atoms with E-state index in [2.05, 4.69) is 5.32 Å². The van der Waals surface area contributed by atoms with Crippen LogP contribution in [-0.2, 0) is 14.8 Å². The normalized spacial score (nSPS) is 12.6. The molecule has 1 rings (SSSR count). The number of nitrogens with zero attached hydrogens (tertiary/aromatic N) is 2. The summed E-state index contributed by atoms with van der Waals surface area (Å²) in [5, 5.41) is 2.85. The molecule has 0 fully saturated rings. The number of hydrogen-bond acceptors (Lipinski definition) is 6. The number of nitrogens with one attached hydrogen (secondary N) is 1. The fraction of sp³-hybridized carbons (Fsp3) is 0.381. The second-order valence-corrected chi connectivity index (χ2v) is 8.13. The van der Waals surface area contributed by atoms with Crippen LogP contribution in [0.3, 0.4) is 0 Å². The number of amides is 1. The average molecular weight is 438 g/mol. The van der Waals surface area contributed by atoms with Gasteiger partial charge in [0.05, 0.1) is 24.8 Å². The van der Waals surface area contributed by atoms with Crippen LogP contribution in [0, 0.1) is 0 Å². The van der Waals surface area contributed by atoms with Crippen molar-refractivity contribution in [1.29, 1.82) is 0 Å². The lowest BCUT2D eigenvalue weighted by Gasteiger charge is -2.28. The molecule has 0 aromatic heterocycles. The summed E-state index contributed by atoms with van der Waals surface area (Å²) in [7, 11) is 2.15. The van der Waals surface area contributed by atoms with Crippen LogP contribution >= 0.6 is 0 Å². The van der Waals surface area contributed by atoms with Crippen LogP contribution in [0.5, 0.6) is 11.5 Å². The Hall–Kier alpha value is -2.94. The van der Waals surface area contributed by atoms with Crippen molar-refractivity contribution >= 4 is 21.6 Å². The van der Waals surface area contributed by atoms with Crippen LogP contribution in [0.25, 0.3) is 0 Å². The second-order valence-electron chi connectivity index (χ2n) is 6.27. The zero-order valence-electron chi connectivity index (χ0n) is 18.6. The van der Waals surface area contributed by atoms with Crippen molar-refractivity contribution in [2.75, 3.05) is 39.2 Å². The van der Waals surface area contributed by atoms with Gasteiger partial charge < -0.3 is 19.7 Å². The molecule has 1 aromatic rings. The van der Waals surface area contributed by atoms with Crippen LogP contribution < -0.4 is 19.1 Å². The van der Waals surface area contributed by atoms with E-state index in [1.54, 1.807) is 59.3 Å². The Balaban J connectivity index is 3.63. The fourth-order valence-corrected chi connectivity index (χ4v) is 4.19. The van der Waals surface area contributed by atoms with Gasteiger partial charge in [-0.15, -0.1) is 0 Å². The highest BCUT2D eigenvalue weighted by molar-refractivity contribution is 7.96. The lowest BCUT2D eigenvalue weighted by molar-refractivity contribution is -0.126. The molecule has 9 heteroatoms. The molecule has 8 nitrogen and oxygen atoms in total. The largest absolute Gasteiger partial charge is 0.497 e. The summed E-state index contributed by atoms with van der Waals surface area (Å²) in [4.78, 5) is 14.4. The molecular weight excluding hydrogens is 406 g/mol. The summed E-state index contributed by atoms with van der Waals surface area (Å²) in [6.45, 7) is 4.67. The first-order chi connectivity index (χ1) is 14.2. The topological polar surface area (TPSA) is 88.2 Å². The molecule has 0 aliphatic heterocycles. The number of methoxy groups -OCH3 is 2. The molecule has 1 aromatic carbocycles. The van der Waals surface area contributed by atoms with Gasteiger partial charge >= 0.3 is 0 Å². The Kier molecular flexibility index (Phi) is 9.45. The average Bonchev–Trinajstić information content (AvgIpc) is 2.74. The van der Waals surface area contributed by atoms with Gasteiger partial charge in [-0.3, -0.25) is 9.10 Å². The van der Waals surface area contributed by atoms with E-state index in [0.29, 0.717) is 17.2 Å². The minimum absolute atomic E-state index is 0.0628. The lowest BCUT2D eigenvalue weighted by atomic mass is 10.2. The van der Waals surface area contributed by atoms with E-state index in [9.17, 15) is 13.2 Å². The molecule has 1 amide bonds. The van der Waals surface area contributed by atoms with Crippen molar-refractivity contribution in [3.63, 3.8) is 0 Å². The highest BCUT2D eigenvalue weighted by Gasteiger charge is 2.31. The molecule has 0 aliphatic rings. The van der Waals surface area contributed by atoms with E-state index in [0.717, 1.165) is 4.31 Å². The van der Waals surface area contributed by atoms with Gasteiger partial charge in [0.25, 0.3) is 10.0 Å². The molecule has 0 unspecified atom stereocenters. The predicted molar refractivity (Wildman–Crippen MR) is 120 cm³/mol. The third-order valence-corrected chi connectivity index (χ3v) is 6.27. The summed E-state index contributed by atoms with van der Waals surface area (Å²) in [6, 6.07) is 4.79. The summed E-state index contributed by atoms with van der Waals surface area (Å²) >= 11 is 0. The molecule has 0 aliphatic carbocycles. The van der Waals surface area contributed by atoms with E-state index in [1.165, 1.54) is 37.3 Å². The summed E-state index contributed by atoms with van der Waals surface area (Å²) < 4.78 is 38.6. The van der Waals surface area contributed by atoms with E-state index < -0.39 is 22.5 Å². The van der Waals surface area contributed by atoms with Crippen molar-refractivity contribution in [3.05, 3.63) is 53.2 Å².